The Morgan fingerprint density at radius 2 is 0.846 bits per heavy atom. The first-order valence-electron chi connectivity index (χ1n) is 17.1. The lowest BCUT2D eigenvalue weighted by molar-refractivity contribution is 0.434. The molecule has 7 aromatic carbocycles. The van der Waals surface area contributed by atoms with Crippen molar-refractivity contribution in [1.29, 1.82) is 0 Å². The van der Waals surface area contributed by atoms with E-state index in [1.54, 1.807) is 0 Å². The van der Waals surface area contributed by atoms with Gasteiger partial charge < -0.3 is 4.74 Å². The molecule has 0 unspecified atom stereocenters. The molecule has 1 aromatic heterocycles. The average molecular weight is 667 g/mol. The van der Waals surface area contributed by atoms with E-state index in [-0.39, 0.29) is 0 Å². The predicted octanol–water partition coefficient (Wildman–Crippen LogP) is 11.6. The highest BCUT2D eigenvalue weighted by atomic mass is 16.5. The smallest absolute Gasteiger partial charge is 0.187 e. The van der Waals surface area contributed by atoms with Crippen LogP contribution >= 0.6 is 0 Å². The number of nitrogens with zero attached hydrogens (tertiary/aromatic N) is 4. The van der Waals surface area contributed by atoms with Crippen LogP contribution in [0.2, 0.25) is 0 Å². The first-order valence-corrected chi connectivity index (χ1v) is 17.1. The lowest BCUT2D eigenvalue weighted by Crippen LogP contribution is -2.34. The molecule has 0 atom stereocenters. The van der Waals surface area contributed by atoms with Gasteiger partial charge in [-0.2, -0.15) is 0 Å². The van der Waals surface area contributed by atoms with Crippen LogP contribution in [0.25, 0.3) is 50.1 Å². The molecule has 1 aliphatic rings. The molecule has 0 saturated heterocycles. The Hall–Kier alpha value is -7.16. The molecule has 0 aliphatic carbocycles. The van der Waals surface area contributed by atoms with Crippen LogP contribution in [-0.2, 0) is 5.41 Å². The summed E-state index contributed by atoms with van der Waals surface area (Å²) in [6, 6.07) is 61.8. The molecule has 0 amide bonds. The number of rotatable bonds is 6. The van der Waals surface area contributed by atoms with Gasteiger partial charge in [0.1, 0.15) is 11.5 Å². The van der Waals surface area contributed by atoms with Gasteiger partial charge in [0.05, 0.1) is 12.0 Å². The molecule has 5 nitrogen and oxygen atoms in total. The van der Waals surface area contributed by atoms with Gasteiger partial charge in [-0.15, -0.1) is 0 Å². The normalized spacial score (nSPS) is 12.5. The molecule has 0 saturated carbocycles. The van der Waals surface area contributed by atoms with Gasteiger partial charge >= 0.3 is 0 Å². The maximum Gasteiger partial charge on any atom is 0.187 e. The quantitative estimate of drug-likeness (QED) is 0.166. The molecule has 0 radical (unpaired) electrons. The zero-order valence-corrected chi connectivity index (χ0v) is 28.0. The standard InChI is InChI=1S/C47H30N4O/c1-48-39-28-25-33(26-29-39)32-21-23-35(24-22-32)45-49-44(34-13-5-2-6-14-34)50-46(51-45)36-27-30-41-43(31-36)52-42-20-12-11-19-40(42)47(41,37-15-7-3-8-16-37)38-17-9-4-10-18-38/h2-31H. The molecular formula is C47H30N4O. The Morgan fingerprint density at radius 1 is 0.404 bits per heavy atom. The molecule has 244 valence electrons. The van der Waals surface area contributed by atoms with Crippen molar-refractivity contribution in [1.82, 2.24) is 15.0 Å². The van der Waals surface area contributed by atoms with Crippen LogP contribution < -0.4 is 4.74 Å². The summed E-state index contributed by atoms with van der Waals surface area (Å²) in [5, 5.41) is 0. The molecule has 0 bridgehead atoms. The number of hydrogen-bond donors (Lipinski definition) is 0. The lowest BCUT2D eigenvalue weighted by atomic mass is 9.63. The summed E-state index contributed by atoms with van der Waals surface area (Å²) in [4.78, 5) is 18.6. The highest BCUT2D eigenvalue weighted by Gasteiger charge is 2.45. The van der Waals surface area contributed by atoms with E-state index < -0.39 is 5.41 Å². The Balaban J connectivity index is 1.20. The van der Waals surface area contributed by atoms with Gasteiger partial charge in [-0.25, -0.2) is 19.8 Å². The maximum atomic E-state index is 7.26. The molecular weight excluding hydrogens is 637 g/mol. The maximum absolute atomic E-state index is 7.26. The monoisotopic (exact) mass is 666 g/mol. The van der Waals surface area contributed by atoms with Crippen molar-refractivity contribution in [2.75, 3.05) is 0 Å². The van der Waals surface area contributed by atoms with Gasteiger partial charge in [0.25, 0.3) is 0 Å². The van der Waals surface area contributed by atoms with E-state index in [0.717, 1.165) is 61.6 Å². The number of benzene rings is 7. The second kappa shape index (κ2) is 12.9. The van der Waals surface area contributed by atoms with Crippen LogP contribution in [0.4, 0.5) is 5.69 Å². The third kappa shape index (κ3) is 5.31. The summed E-state index contributed by atoms with van der Waals surface area (Å²) in [5.41, 5.74) is 9.15. The van der Waals surface area contributed by atoms with Gasteiger partial charge in [-0.1, -0.05) is 170 Å². The fourth-order valence-electron chi connectivity index (χ4n) is 7.24. The zero-order chi connectivity index (χ0) is 34.9. The molecule has 8 aromatic rings. The molecule has 0 N–H and O–H groups in total. The Morgan fingerprint density at radius 3 is 1.44 bits per heavy atom. The first-order chi connectivity index (χ1) is 25.7. The van der Waals surface area contributed by atoms with Gasteiger partial charge in [0.15, 0.2) is 23.2 Å². The van der Waals surface area contributed by atoms with E-state index in [1.165, 1.54) is 0 Å². The summed E-state index contributed by atoms with van der Waals surface area (Å²) >= 11 is 0. The van der Waals surface area contributed by atoms with Crippen molar-refractivity contribution in [2.45, 2.75) is 5.41 Å². The van der Waals surface area contributed by atoms with E-state index in [2.05, 4.69) is 108 Å². The van der Waals surface area contributed by atoms with Crippen LogP contribution in [0.5, 0.6) is 11.5 Å². The second-order valence-electron chi connectivity index (χ2n) is 12.7. The molecule has 0 fully saturated rings. The minimum atomic E-state index is -0.608. The van der Waals surface area contributed by atoms with Crippen molar-refractivity contribution >= 4 is 5.69 Å². The third-order valence-electron chi connectivity index (χ3n) is 9.71. The average Bonchev–Trinajstić information content (AvgIpc) is 3.23. The Kier molecular flexibility index (Phi) is 7.68. The molecule has 1 aliphatic heterocycles. The van der Waals surface area contributed by atoms with Gasteiger partial charge in [0, 0.05) is 27.8 Å². The van der Waals surface area contributed by atoms with Crippen LogP contribution in [-0.4, -0.2) is 15.0 Å². The van der Waals surface area contributed by atoms with Gasteiger partial charge in [-0.3, -0.25) is 0 Å². The van der Waals surface area contributed by atoms with Gasteiger partial charge in [0.2, 0.25) is 0 Å². The van der Waals surface area contributed by atoms with Crippen LogP contribution in [0.3, 0.4) is 0 Å². The third-order valence-corrected chi connectivity index (χ3v) is 9.71. The molecule has 2 heterocycles. The van der Waals surface area contributed by atoms with Crippen molar-refractivity contribution in [3.8, 4) is 56.8 Å². The molecule has 52 heavy (non-hydrogen) atoms. The minimum Gasteiger partial charge on any atom is -0.457 e. The predicted molar refractivity (Wildman–Crippen MR) is 206 cm³/mol. The lowest BCUT2D eigenvalue weighted by Gasteiger charge is -2.41. The number of ether oxygens (including phenoxy) is 1. The summed E-state index contributed by atoms with van der Waals surface area (Å²) in [6.07, 6.45) is 0. The minimum absolute atomic E-state index is 0.554. The topological polar surface area (TPSA) is 52.3 Å². The Bertz CT molecular complexity index is 2540. The molecule has 9 rings (SSSR count). The van der Waals surface area contributed by atoms with E-state index in [9.17, 15) is 0 Å². The van der Waals surface area contributed by atoms with Crippen molar-refractivity contribution in [2.24, 2.45) is 0 Å². The second-order valence-corrected chi connectivity index (χ2v) is 12.7. The summed E-state index contributed by atoms with van der Waals surface area (Å²) in [5.74, 6) is 3.28. The highest BCUT2D eigenvalue weighted by Crippen LogP contribution is 2.55. The van der Waals surface area contributed by atoms with E-state index in [4.69, 9.17) is 26.3 Å². The van der Waals surface area contributed by atoms with E-state index in [1.807, 2.05) is 78.9 Å². The van der Waals surface area contributed by atoms with Crippen molar-refractivity contribution in [3.63, 3.8) is 0 Å². The van der Waals surface area contributed by atoms with Gasteiger partial charge in [-0.05, 0) is 34.4 Å². The van der Waals surface area contributed by atoms with Crippen LogP contribution in [0.1, 0.15) is 22.3 Å². The molecule has 5 heteroatoms. The summed E-state index contributed by atoms with van der Waals surface area (Å²) in [6.45, 7) is 7.26. The van der Waals surface area contributed by atoms with E-state index >= 15 is 0 Å². The Labute approximate surface area is 302 Å². The van der Waals surface area contributed by atoms with Crippen molar-refractivity contribution in [3.05, 3.63) is 216 Å². The summed E-state index contributed by atoms with van der Waals surface area (Å²) < 4.78 is 6.75. The number of aromatic nitrogens is 3. The zero-order valence-electron chi connectivity index (χ0n) is 28.0. The van der Waals surface area contributed by atoms with Crippen LogP contribution in [0, 0.1) is 6.57 Å². The van der Waals surface area contributed by atoms with E-state index in [0.29, 0.717) is 23.2 Å². The number of para-hydroxylation sites is 1. The summed E-state index contributed by atoms with van der Waals surface area (Å²) in [7, 11) is 0. The first kappa shape index (κ1) is 30.9. The number of fused-ring (bicyclic) bond motifs is 2. The fraction of sp³-hybridized carbons (Fsp3) is 0.0213. The largest absolute Gasteiger partial charge is 0.457 e. The number of hydrogen-bond acceptors (Lipinski definition) is 4. The molecule has 0 spiro atoms. The van der Waals surface area contributed by atoms with Crippen molar-refractivity contribution < 1.29 is 4.74 Å². The highest BCUT2D eigenvalue weighted by molar-refractivity contribution is 5.75. The van der Waals surface area contributed by atoms with Crippen LogP contribution in [0.15, 0.2) is 182 Å². The SMILES string of the molecule is [C-]#[N+]c1ccc(-c2ccc(-c3nc(-c4ccccc4)nc(-c4ccc5c(c4)Oc4ccccc4C5(c4ccccc4)c4ccccc4)n3)cc2)cc1. The fourth-order valence-corrected chi connectivity index (χ4v) is 7.24.